The van der Waals surface area contributed by atoms with E-state index in [1.54, 1.807) is 19.3 Å². The van der Waals surface area contributed by atoms with Crippen LogP contribution < -0.4 is 16.2 Å². The number of hydrogen-bond donors (Lipinski definition) is 2. The van der Waals surface area contributed by atoms with Gasteiger partial charge in [0.05, 0.1) is 5.01 Å². The molecule has 0 aromatic carbocycles. The second kappa shape index (κ2) is 6.82. The lowest BCUT2D eigenvalue weighted by atomic mass is 10.4. The van der Waals surface area contributed by atoms with Crippen molar-refractivity contribution in [3.8, 4) is 0 Å². The number of carbonyl (C=O) groups is 1. The van der Waals surface area contributed by atoms with Gasteiger partial charge in [0.15, 0.2) is 5.69 Å². The van der Waals surface area contributed by atoms with Crippen LogP contribution in [0.2, 0.25) is 0 Å². The number of amides is 2. The zero-order chi connectivity index (χ0) is 17.0. The van der Waals surface area contributed by atoms with Gasteiger partial charge in [0.25, 0.3) is 5.56 Å². The van der Waals surface area contributed by atoms with Crippen LogP contribution in [0.1, 0.15) is 10.7 Å². The SMILES string of the molecule is Cn1cccc(NC(=O)NCCc2nc(C(F)(F)F)cs2)c1=O. The Bertz CT molecular complexity index is 754. The van der Waals surface area contributed by atoms with Crippen molar-refractivity contribution < 1.29 is 18.0 Å². The Hall–Kier alpha value is -2.36. The average molecular weight is 346 g/mol. The van der Waals surface area contributed by atoms with Crippen LogP contribution in [0.15, 0.2) is 28.5 Å². The third-order valence-electron chi connectivity index (χ3n) is 2.84. The number of hydrogen-bond acceptors (Lipinski definition) is 4. The fourth-order valence-electron chi connectivity index (χ4n) is 1.70. The number of aromatic nitrogens is 2. The molecule has 0 fully saturated rings. The molecule has 0 atom stereocenters. The maximum atomic E-state index is 12.4. The number of rotatable bonds is 4. The maximum Gasteiger partial charge on any atom is 0.434 e. The van der Waals surface area contributed by atoms with Gasteiger partial charge in [-0.15, -0.1) is 11.3 Å². The number of nitrogens with one attached hydrogen (secondary N) is 2. The summed E-state index contributed by atoms with van der Waals surface area (Å²) in [7, 11) is 1.55. The highest BCUT2D eigenvalue weighted by molar-refractivity contribution is 7.09. The molecule has 2 amide bonds. The summed E-state index contributed by atoms with van der Waals surface area (Å²) >= 11 is 0.880. The van der Waals surface area contributed by atoms with E-state index in [1.807, 2.05) is 0 Å². The number of pyridine rings is 1. The first kappa shape index (κ1) is 17.0. The van der Waals surface area contributed by atoms with Crippen molar-refractivity contribution in [2.75, 3.05) is 11.9 Å². The molecule has 0 bridgehead atoms. The van der Waals surface area contributed by atoms with E-state index in [2.05, 4.69) is 15.6 Å². The molecular weight excluding hydrogens is 333 g/mol. The van der Waals surface area contributed by atoms with Crippen molar-refractivity contribution in [3.63, 3.8) is 0 Å². The van der Waals surface area contributed by atoms with Gasteiger partial charge in [0.2, 0.25) is 0 Å². The molecule has 124 valence electrons. The summed E-state index contributed by atoms with van der Waals surface area (Å²) in [5.74, 6) is 0. The van der Waals surface area contributed by atoms with Crippen LogP contribution >= 0.6 is 11.3 Å². The molecule has 2 aromatic rings. The number of thiazole rings is 1. The average Bonchev–Trinajstić information content (AvgIpc) is 2.93. The van der Waals surface area contributed by atoms with Crippen LogP contribution in [0.5, 0.6) is 0 Å². The minimum atomic E-state index is -4.47. The molecule has 2 N–H and O–H groups in total. The van der Waals surface area contributed by atoms with Gasteiger partial charge in [-0.25, -0.2) is 9.78 Å². The van der Waals surface area contributed by atoms with Crippen molar-refractivity contribution in [1.29, 1.82) is 0 Å². The van der Waals surface area contributed by atoms with Crippen molar-refractivity contribution in [2.45, 2.75) is 12.6 Å². The summed E-state index contributed by atoms with van der Waals surface area (Å²) in [6, 6.07) is 2.45. The van der Waals surface area contributed by atoms with Crippen LogP contribution in [0.25, 0.3) is 0 Å². The summed E-state index contributed by atoms with van der Waals surface area (Å²) in [6.45, 7) is 0.101. The molecule has 10 heteroatoms. The number of carbonyl (C=O) groups excluding carboxylic acids is 1. The smallest absolute Gasteiger partial charge is 0.337 e. The third-order valence-corrected chi connectivity index (χ3v) is 3.75. The standard InChI is InChI=1S/C13H13F3N4O2S/c1-20-6-2-3-8(11(20)21)18-12(22)17-5-4-10-19-9(7-23-10)13(14,15)16/h2-3,6-7H,4-5H2,1H3,(H2,17,18,22). The van der Waals surface area contributed by atoms with Crippen molar-refractivity contribution in [1.82, 2.24) is 14.9 Å². The molecule has 0 aliphatic heterocycles. The lowest BCUT2D eigenvalue weighted by Crippen LogP contribution is -2.33. The minimum absolute atomic E-state index is 0.101. The highest BCUT2D eigenvalue weighted by atomic mass is 32.1. The molecule has 2 aromatic heterocycles. The molecule has 2 heterocycles. The molecule has 6 nitrogen and oxygen atoms in total. The summed E-state index contributed by atoms with van der Waals surface area (Å²) in [6.07, 6.45) is -2.75. The molecule has 0 spiro atoms. The van der Waals surface area contributed by atoms with Gasteiger partial charge >= 0.3 is 12.2 Å². The second-order valence-corrected chi connectivity index (χ2v) is 5.54. The molecular formula is C13H13F3N4O2S. The largest absolute Gasteiger partial charge is 0.434 e. The first-order chi connectivity index (χ1) is 10.8. The summed E-state index contributed by atoms with van der Waals surface area (Å²) in [4.78, 5) is 26.8. The van der Waals surface area contributed by atoms with E-state index < -0.39 is 17.9 Å². The fraction of sp³-hybridized carbons (Fsp3) is 0.308. The molecule has 0 saturated heterocycles. The number of halogens is 3. The van der Waals surface area contributed by atoms with Crippen LogP contribution in [-0.2, 0) is 19.6 Å². The molecule has 0 radical (unpaired) electrons. The molecule has 0 saturated carbocycles. The van der Waals surface area contributed by atoms with Crippen molar-refractivity contribution in [2.24, 2.45) is 7.05 Å². The topological polar surface area (TPSA) is 76.0 Å². The predicted molar refractivity (Wildman–Crippen MR) is 79.5 cm³/mol. The molecule has 23 heavy (non-hydrogen) atoms. The lowest BCUT2D eigenvalue weighted by molar-refractivity contribution is -0.140. The monoisotopic (exact) mass is 346 g/mol. The highest BCUT2D eigenvalue weighted by Crippen LogP contribution is 2.29. The Morgan fingerprint density at radius 2 is 2.17 bits per heavy atom. The van der Waals surface area contributed by atoms with Crippen molar-refractivity contribution in [3.05, 3.63) is 44.8 Å². The molecule has 0 aliphatic carbocycles. The summed E-state index contributed by atoms with van der Waals surface area (Å²) in [5.41, 5.74) is -1.19. The number of urea groups is 1. The van der Waals surface area contributed by atoms with E-state index >= 15 is 0 Å². The van der Waals surface area contributed by atoms with Gasteiger partial charge in [-0.1, -0.05) is 0 Å². The number of aryl methyl sites for hydroxylation is 1. The molecule has 0 unspecified atom stereocenters. The summed E-state index contributed by atoms with van der Waals surface area (Å²) < 4.78 is 38.5. The molecule has 0 aliphatic rings. The van der Waals surface area contributed by atoms with E-state index in [1.165, 1.54) is 10.6 Å². The van der Waals surface area contributed by atoms with Crippen LogP contribution in [-0.4, -0.2) is 22.1 Å². The van der Waals surface area contributed by atoms with E-state index in [-0.39, 0.29) is 29.2 Å². The second-order valence-electron chi connectivity index (χ2n) is 4.59. The van der Waals surface area contributed by atoms with E-state index in [0.717, 1.165) is 16.7 Å². The minimum Gasteiger partial charge on any atom is -0.337 e. The van der Waals surface area contributed by atoms with Gasteiger partial charge < -0.3 is 15.2 Å². The quantitative estimate of drug-likeness (QED) is 0.891. The number of anilines is 1. The first-order valence-corrected chi connectivity index (χ1v) is 7.37. The van der Waals surface area contributed by atoms with E-state index in [4.69, 9.17) is 0 Å². The van der Waals surface area contributed by atoms with Crippen molar-refractivity contribution >= 4 is 23.1 Å². The Balaban J connectivity index is 1.84. The summed E-state index contributed by atoms with van der Waals surface area (Å²) in [5, 5.41) is 6.05. The van der Waals surface area contributed by atoms with E-state index in [0.29, 0.717) is 0 Å². The van der Waals surface area contributed by atoms with Gasteiger partial charge in [0, 0.05) is 31.6 Å². The van der Waals surface area contributed by atoms with Gasteiger partial charge in [-0.2, -0.15) is 13.2 Å². The predicted octanol–water partition coefficient (Wildman–Crippen LogP) is 2.22. The van der Waals surface area contributed by atoms with Crippen LogP contribution in [0.4, 0.5) is 23.7 Å². The maximum absolute atomic E-state index is 12.4. The Morgan fingerprint density at radius 3 is 2.83 bits per heavy atom. The normalized spacial score (nSPS) is 11.3. The number of alkyl halides is 3. The van der Waals surface area contributed by atoms with Gasteiger partial charge in [-0.3, -0.25) is 4.79 Å². The molecule has 2 rings (SSSR count). The lowest BCUT2D eigenvalue weighted by Gasteiger charge is -2.07. The van der Waals surface area contributed by atoms with Crippen LogP contribution in [0.3, 0.4) is 0 Å². The zero-order valence-electron chi connectivity index (χ0n) is 12.0. The van der Waals surface area contributed by atoms with Crippen LogP contribution in [0, 0.1) is 0 Å². The first-order valence-electron chi connectivity index (χ1n) is 6.49. The zero-order valence-corrected chi connectivity index (χ0v) is 12.8. The van der Waals surface area contributed by atoms with E-state index in [9.17, 15) is 22.8 Å². The Morgan fingerprint density at radius 1 is 1.43 bits per heavy atom. The van der Waals surface area contributed by atoms with Gasteiger partial charge in [-0.05, 0) is 12.1 Å². The third kappa shape index (κ3) is 4.55. The van der Waals surface area contributed by atoms with Gasteiger partial charge in [0.1, 0.15) is 5.69 Å². The number of nitrogens with zero attached hydrogens (tertiary/aromatic N) is 2. The highest BCUT2D eigenvalue weighted by Gasteiger charge is 2.33. The Labute approximate surface area is 133 Å². The fourth-order valence-corrected chi connectivity index (χ4v) is 2.50. The Kier molecular flexibility index (Phi) is 5.04.